The molecule has 1 heterocycles. The Kier molecular flexibility index (Phi) is 6.30. The first kappa shape index (κ1) is 19.5. The standard InChI is InChI=1S/C19H26FN3OS/c1-6-23(13(2)24)18-22-16(12-25-18)11-21-17(19(3,4)5)14-7-9-15(20)10-8-14/h7-10,12,17,21H,6,11H2,1-5H3. The van der Waals surface area contributed by atoms with Gasteiger partial charge in [0, 0.05) is 31.4 Å². The number of nitrogens with one attached hydrogen (secondary N) is 1. The van der Waals surface area contributed by atoms with Crippen LogP contribution in [0, 0.1) is 11.2 Å². The van der Waals surface area contributed by atoms with Gasteiger partial charge in [-0.2, -0.15) is 0 Å². The molecule has 6 heteroatoms. The molecule has 0 aliphatic rings. The lowest BCUT2D eigenvalue weighted by atomic mass is 9.82. The van der Waals surface area contributed by atoms with Crippen molar-refractivity contribution in [3.63, 3.8) is 0 Å². The lowest BCUT2D eigenvalue weighted by molar-refractivity contribution is -0.116. The molecule has 0 saturated heterocycles. The maximum Gasteiger partial charge on any atom is 0.225 e. The van der Waals surface area contributed by atoms with E-state index in [4.69, 9.17) is 0 Å². The summed E-state index contributed by atoms with van der Waals surface area (Å²) < 4.78 is 13.2. The highest BCUT2D eigenvalue weighted by atomic mass is 32.1. The van der Waals surface area contributed by atoms with Crippen molar-refractivity contribution >= 4 is 22.4 Å². The van der Waals surface area contributed by atoms with Crippen LogP contribution in [0.4, 0.5) is 9.52 Å². The summed E-state index contributed by atoms with van der Waals surface area (Å²) >= 11 is 1.47. The van der Waals surface area contributed by atoms with Crippen LogP contribution in [0.25, 0.3) is 0 Å². The summed E-state index contributed by atoms with van der Waals surface area (Å²) in [6.07, 6.45) is 0. The minimum atomic E-state index is -0.232. The van der Waals surface area contributed by atoms with E-state index in [2.05, 4.69) is 31.1 Å². The molecule has 136 valence electrons. The van der Waals surface area contributed by atoms with Gasteiger partial charge in [0.1, 0.15) is 5.82 Å². The zero-order valence-electron chi connectivity index (χ0n) is 15.5. The van der Waals surface area contributed by atoms with Gasteiger partial charge >= 0.3 is 0 Å². The van der Waals surface area contributed by atoms with E-state index in [9.17, 15) is 9.18 Å². The molecule has 1 amide bonds. The summed E-state index contributed by atoms with van der Waals surface area (Å²) in [5.41, 5.74) is 1.91. The van der Waals surface area contributed by atoms with E-state index in [1.54, 1.807) is 11.8 Å². The van der Waals surface area contributed by atoms with Crippen molar-refractivity contribution in [3.05, 3.63) is 46.7 Å². The van der Waals surface area contributed by atoms with E-state index in [0.29, 0.717) is 13.1 Å². The number of halogens is 1. The quantitative estimate of drug-likeness (QED) is 0.820. The summed E-state index contributed by atoms with van der Waals surface area (Å²) in [5.74, 6) is -0.236. The highest BCUT2D eigenvalue weighted by Crippen LogP contribution is 2.33. The number of benzene rings is 1. The molecule has 0 aliphatic heterocycles. The predicted molar refractivity (Wildman–Crippen MR) is 101 cm³/mol. The predicted octanol–water partition coefficient (Wildman–Crippen LogP) is 4.53. The third-order valence-corrected chi connectivity index (χ3v) is 4.94. The average molecular weight is 364 g/mol. The summed E-state index contributed by atoms with van der Waals surface area (Å²) in [7, 11) is 0. The van der Waals surface area contributed by atoms with Crippen LogP contribution in [0.5, 0.6) is 0 Å². The molecule has 1 unspecified atom stereocenters. The molecule has 0 fully saturated rings. The largest absolute Gasteiger partial charge is 0.304 e. The molecule has 0 saturated carbocycles. The zero-order chi connectivity index (χ0) is 18.6. The molecule has 4 nitrogen and oxygen atoms in total. The molecule has 0 aliphatic carbocycles. The minimum absolute atomic E-state index is 0.00441. The Morgan fingerprint density at radius 3 is 2.48 bits per heavy atom. The maximum absolute atomic E-state index is 13.2. The number of carbonyl (C=O) groups is 1. The molecule has 0 radical (unpaired) electrons. The number of carbonyl (C=O) groups excluding carboxylic acids is 1. The fourth-order valence-electron chi connectivity index (χ4n) is 2.78. The van der Waals surface area contributed by atoms with Crippen molar-refractivity contribution in [1.82, 2.24) is 10.3 Å². The van der Waals surface area contributed by atoms with Gasteiger partial charge in [-0.15, -0.1) is 11.3 Å². The first-order valence-electron chi connectivity index (χ1n) is 8.43. The van der Waals surface area contributed by atoms with Crippen LogP contribution >= 0.6 is 11.3 Å². The summed E-state index contributed by atoms with van der Waals surface area (Å²) in [4.78, 5) is 17.9. The van der Waals surface area contributed by atoms with Crippen LogP contribution < -0.4 is 10.2 Å². The number of thiazole rings is 1. The van der Waals surface area contributed by atoms with Crippen molar-refractivity contribution in [2.45, 2.75) is 47.2 Å². The molecule has 0 bridgehead atoms. The van der Waals surface area contributed by atoms with Gasteiger partial charge in [-0.05, 0) is 30.0 Å². The van der Waals surface area contributed by atoms with E-state index in [1.165, 1.54) is 23.5 Å². The Bertz CT molecular complexity index is 706. The first-order chi connectivity index (χ1) is 11.7. The number of aromatic nitrogens is 1. The SMILES string of the molecule is CCN(C(C)=O)c1nc(CNC(c2ccc(F)cc2)C(C)(C)C)cs1. The van der Waals surface area contributed by atoms with E-state index < -0.39 is 0 Å². The maximum atomic E-state index is 13.2. The Morgan fingerprint density at radius 2 is 1.96 bits per heavy atom. The molecular formula is C19H26FN3OS. The van der Waals surface area contributed by atoms with Crippen molar-refractivity contribution in [2.75, 3.05) is 11.4 Å². The third kappa shape index (κ3) is 5.09. The van der Waals surface area contributed by atoms with Crippen LogP contribution in [0.15, 0.2) is 29.6 Å². The van der Waals surface area contributed by atoms with E-state index in [0.717, 1.165) is 16.4 Å². The van der Waals surface area contributed by atoms with Crippen LogP contribution in [0.1, 0.15) is 51.9 Å². The second kappa shape index (κ2) is 8.06. The Labute approximate surface area is 153 Å². The van der Waals surface area contributed by atoms with E-state index in [1.807, 2.05) is 24.4 Å². The molecule has 0 spiro atoms. The number of anilines is 1. The van der Waals surface area contributed by atoms with Gasteiger partial charge in [0.25, 0.3) is 0 Å². The Balaban J connectivity index is 2.12. The number of amides is 1. The molecule has 1 atom stereocenters. The number of nitrogens with zero attached hydrogens (tertiary/aromatic N) is 2. The molecule has 1 aromatic carbocycles. The van der Waals surface area contributed by atoms with Crippen molar-refractivity contribution in [2.24, 2.45) is 5.41 Å². The summed E-state index contributed by atoms with van der Waals surface area (Å²) in [6, 6.07) is 6.68. The second-order valence-corrected chi connectivity index (χ2v) is 7.95. The Hall–Kier alpha value is -1.79. The highest BCUT2D eigenvalue weighted by Gasteiger charge is 2.26. The lowest BCUT2D eigenvalue weighted by Crippen LogP contribution is -2.32. The van der Waals surface area contributed by atoms with Gasteiger partial charge in [0.15, 0.2) is 5.13 Å². The molecule has 25 heavy (non-hydrogen) atoms. The molecular weight excluding hydrogens is 337 g/mol. The number of hydrogen-bond donors (Lipinski definition) is 1. The monoisotopic (exact) mass is 363 g/mol. The molecule has 2 rings (SSSR count). The van der Waals surface area contributed by atoms with Crippen molar-refractivity contribution in [3.8, 4) is 0 Å². The van der Waals surface area contributed by atoms with E-state index in [-0.39, 0.29) is 23.2 Å². The van der Waals surface area contributed by atoms with Gasteiger partial charge in [-0.3, -0.25) is 9.69 Å². The lowest BCUT2D eigenvalue weighted by Gasteiger charge is -2.32. The molecule has 1 N–H and O–H groups in total. The van der Waals surface area contributed by atoms with Gasteiger partial charge < -0.3 is 5.32 Å². The number of rotatable bonds is 6. The topological polar surface area (TPSA) is 45.2 Å². The second-order valence-electron chi connectivity index (χ2n) is 7.12. The fourth-order valence-corrected chi connectivity index (χ4v) is 3.71. The van der Waals surface area contributed by atoms with Crippen LogP contribution in [-0.2, 0) is 11.3 Å². The normalized spacial score (nSPS) is 12.9. The molecule has 1 aromatic heterocycles. The highest BCUT2D eigenvalue weighted by molar-refractivity contribution is 7.14. The van der Waals surface area contributed by atoms with Crippen molar-refractivity contribution in [1.29, 1.82) is 0 Å². The number of hydrogen-bond acceptors (Lipinski definition) is 4. The smallest absolute Gasteiger partial charge is 0.225 e. The van der Waals surface area contributed by atoms with Gasteiger partial charge in [0.2, 0.25) is 5.91 Å². The van der Waals surface area contributed by atoms with Gasteiger partial charge in [-0.1, -0.05) is 32.9 Å². The third-order valence-electron chi connectivity index (χ3n) is 4.02. The van der Waals surface area contributed by atoms with Crippen LogP contribution in [-0.4, -0.2) is 17.4 Å². The van der Waals surface area contributed by atoms with Gasteiger partial charge in [0.05, 0.1) is 5.69 Å². The van der Waals surface area contributed by atoms with Crippen molar-refractivity contribution < 1.29 is 9.18 Å². The zero-order valence-corrected chi connectivity index (χ0v) is 16.3. The summed E-state index contributed by atoms with van der Waals surface area (Å²) in [5, 5.41) is 6.22. The first-order valence-corrected chi connectivity index (χ1v) is 9.31. The average Bonchev–Trinajstić information content (AvgIpc) is 2.97. The molecule has 2 aromatic rings. The fraction of sp³-hybridized carbons (Fsp3) is 0.474. The van der Waals surface area contributed by atoms with E-state index >= 15 is 0 Å². The minimum Gasteiger partial charge on any atom is -0.304 e. The van der Waals surface area contributed by atoms with Crippen LogP contribution in [0.2, 0.25) is 0 Å². The Morgan fingerprint density at radius 1 is 1.32 bits per heavy atom. The van der Waals surface area contributed by atoms with Gasteiger partial charge in [-0.25, -0.2) is 9.37 Å². The van der Waals surface area contributed by atoms with Crippen LogP contribution in [0.3, 0.4) is 0 Å². The summed E-state index contributed by atoms with van der Waals surface area (Å²) in [6.45, 7) is 11.1.